The first-order valence-electron chi connectivity index (χ1n) is 6.11. The van der Waals surface area contributed by atoms with Crippen molar-refractivity contribution in [2.75, 3.05) is 11.9 Å². The second-order valence-corrected chi connectivity index (χ2v) is 5.67. The van der Waals surface area contributed by atoms with E-state index in [0.29, 0.717) is 0 Å². The molecule has 0 bridgehead atoms. The van der Waals surface area contributed by atoms with Gasteiger partial charge >= 0.3 is 0 Å². The maximum absolute atomic E-state index is 13.0. The minimum Gasteiger partial charge on any atom is -0.361 e. The number of halogens is 1. The molecule has 1 saturated carbocycles. The molecule has 17 heavy (non-hydrogen) atoms. The molecule has 0 aliphatic heterocycles. The van der Waals surface area contributed by atoms with E-state index in [2.05, 4.69) is 10.3 Å². The Morgan fingerprint density at radius 2 is 2.29 bits per heavy atom. The first-order chi connectivity index (χ1) is 8.31. The zero-order chi connectivity index (χ0) is 11.7. The fourth-order valence-electron chi connectivity index (χ4n) is 2.14. The molecule has 90 valence electrons. The van der Waals surface area contributed by atoms with Gasteiger partial charge in [0, 0.05) is 12.6 Å². The molecule has 2 nitrogen and oxygen atoms in total. The monoisotopic (exact) mass is 250 g/mol. The summed E-state index contributed by atoms with van der Waals surface area (Å²) >= 11 is 1.59. The third-order valence-electron chi connectivity index (χ3n) is 3.40. The smallest absolute Gasteiger partial charge is 0.183 e. The van der Waals surface area contributed by atoms with Gasteiger partial charge in [0.25, 0.3) is 0 Å². The molecule has 0 saturated heterocycles. The van der Waals surface area contributed by atoms with E-state index in [4.69, 9.17) is 0 Å². The summed E-state index contributed by atoms with van der Waals surface area (Å²) in [6, 6.07) is 4.76. The molecule has 1 aliphatic rings. The summed E-state index contributed by atoms with van der Waals surface area (Å²) in [6.07, 6.45) is 5.38. The molecule has 0 spiro atoms. The van der Waals surface area contributed by atoms with Crippen LogP contribution in [0.15, 0.2) is 18.2 Å². The van der Waals surface area contributed by atoms with Crippen LogP contribution in [-0.2, 0) is 0 Å². The number of thiazole rings is 1. The lowest BCUT2D eigenvalue weighted by Gasteiger charge is -2.24. The van der Waals surface area contributed by atoms with Crippen molar-refractivity contribution in [1.29, 1.82) is 0 Å². The first kappa shape index (κ1) is 11.0. The van der Waals surface area contributed by atoms with Crippen LogP contribution in [0, 0.1) is 11.7 Å². The van der Waals surface area contributed by atoms with Crippen molar-refractivity contribution in [2.45, 2.75) is 25.7 Å². The zero-order valence-electron chi connectivity index (χ0n) is 9.58. The van der Waals surface area contributed by atoms with Gasteiger partial charge in [-0.1, -0.05) is 30.6 Å². The molecular formula is C13H15FN2S. The van der Waals surface area contributed by atoms with Gasteiger partial charge in [-0.2, -0.15) is 0 Å². The molecule has 4 heteroatoms. The van der Waals surface area contributed by atoms with Crippen molar-refractivity contribution in [1.82, 2.24) is 4.98 Å². The van der Waals surface area contributed by atoms with Gasteiger partial charge in [-0.05, 0) is 24.5 Å². The molecule has 2 aromatic rings. The van der Waals surface area contributed by atoms with Crippen LogP contribution in [-0.4, -0.2) is 11.5 Å². The number of hydrogen-bond acceptors (Lipinski definition) is 3. The highest BCUT2D eigenvalue weighted by Crippen LogP contribution is 2.30. The van der Waals surface area contributed by atoms with Gasteiger partial charge in [0.05, 0.1) is 10.2 Å². The molecule has 0 radical (unpaired) electrons. The Morgan fingerprint density at radius 3 is 3.06 bits per heavy atom. The molecule has 1 aromatic heterocycles. The summed E-state index contributed by atoms with van der Waals surface area (Å²) in [7, 11) is 0. The van der Waals surface area contributed by atoms with Gasteiger partial charge < -0.3 is 5.32 Å². The van der Waals surface area contributed by atoms with Crippen molar-refractivity contribution in [3.8, 4) is 0 Å². The maximum Gasteiger partial charge on any atom is 0.183 e. The Balaban J connectivity index is 1.64. The minimum absolute atomic E-state index is 0.219. The molecule has 1 fully saturated rings. The predicted octanol–water partition coefficient (Wildman–Crippen LogP) is 4.04. The van der Waals surface area contributed by atoms with E-state index in [1.165, 1.54) is 37.8 Å². The van der Waals surface area contributed by atoms with Crippen LogP contribution in [0.25, 0.3) is 10.2 Å². The number of nitrogens with zero attached hydrogens (tertiary/aromatic N) is 1. The van der Waals surface area contributed by atoms with Crippen LogP contribution in [0.3, 0.4) is 0 Å². The highest BCUT2D eigenvalue weighted by atomic mass is 32.1. The second-order valence-electron chi connectivity index (χ2n) is 4.64. The van der Waals surface area contributed by atoms with Crippen LogP contribution in [0.4, 0.5) is 9.52 Å². The van der Waals surface area contributed by atoms with E-state index in [1.54, 1.807) is 17.4 Å². The molecule has 0 amide bonds. The van der Waals surface area contributed by atoms with E-state index in [-0.39, 0.29) is 5.82 Å². The number of fused-ring (bicyclic) bond motifs is 1. The normalized spacial score (nSPS) is 16.1. The number of hydrogen-bond donors (Lipinski definition) is 1. The molecular weight excluding hydrogens is 235 g/mol. The molecule has 1 aromatic carbocycles. The Hall–Kier alpha value is -1.16. The largest absolute Gasteiger partial charge is 0.361 e. The molecule has 3 rings (SSSR count). The highest BCUT2D eigenvalue weighted by molar-refractivity contribution is 7.22. The standard InChI is InChI=1S/C13H15FN2S/c14-10-4-5-12-11(8-10)16-13(17-12)15-7-6-9-2-1-3-9/h4-5,8-9H,1-3,6-7H2,(H,15,16). The summed E-state index contributed by atoms with van der Waals surface area (Å²) < 4.78 is 14.0. The van der Waals surface area contributed by atoms with Gasteiger partial charge in [0.1, 0.15) is 5.82 Å². The van der Waals surface area contributed by atoms with Gasteiger partial charge in [-0.15, -0.1) is 0 Å². The van der Waals surface area contributed by atoms with Crippen molar-refractivity contribution in [2.24, 2.45) is 5.92 Å². The van der Waals surface area contributed by atoms with Gasteiger partial charge in [-0.3, -0.25) is 0 Å². The number of aromatic nitrogens is 1. The van der Waals surface area contributed by atoms with E-state index < -0.39 is 0 Å². The highest BCUT2D eigenvalue weighted by Gasteiger charge is 2.16. The molecule has 1 N–H and O–H groups in total. The topological polar surface area (TPSA) is 24.9 Å². The third kappa shape index (κ3) is 2.41. The summed E-state index contributed by atoms with van der Waals surface area (Å²) in [6.45, 7) is 0.979. The van der Waals surface area contributed by atoms with Crippen molar-refractivity contribution < 1.29 is 4.39 Å². The number of benzene rings is 1. The summed E-state index contributed by atoms with van der Waals surface area (Å²) in [5.41, 5.74) is 0.751. The molecule has 1 heterocycles. The minimum atomic E-state index is -0.219. The van der Waals surface area contributed by atoms with Crippen LogP contribution in [0.1, 0.15) is 25.7 Å². The van der Waals surface area contributed by atoms with Crippen molar-refractivity contribution in [3.05, 3.63) is 24.0 Å². The zero-order valence-corrected chi connectivity index (χ0v) is 10.4. The van der Waals surface area contributed by atoms with Gasteiger partial charge in [0.2, 0.25) is 0 Å². The lowest BCUT2D eigenvalue weighted by atomic mass is 9.83. The molecule has 0 atom stereocenters. The summed E-state index contributed by atoms with van der Waals surface area (Å²) in [4.78, 5) is 4.38. The van der Waals surface area contributed by atoms with Crippen molar-refractivity contribution in [3.63, 3.8) is 0 Å². The summed E-state index contributed by atoms with van der Waals surface area (Å²) in [5.74, 6) is 0.693. The fourth-order valence-corrected chi connectivity index (χ4v) is 3.01. The molecule has 1 aliphatic carbocycles. The lowest BCUT2D eigenvalue weighted by molar-refractivity contribution is 0.303. The first-order valence-corrected chi connectivity index (χ1v) is 6.93. The Labute approximate surface area is 104 Å². The number of rotatable bonds is 4. The Morgan fingerprint density at radius 1 is 1.41 bits per heavy atom. The second kappa shape index (κ2) is 4.61. The van der Waals surface area contributed by atoms with E-state index in [9.17, 15) is 4.39 Å². The Kier molecular flexibility index (Phi) is 2.97. The SMILES string of the molecule is Fc1ccc2sc(NCCC3CCC3)nc2c1. The van der Waals surface area contributed by atoms with Crippen LogP contribution in [0.2, 0.25) is 0 Å². The van der Waals surface area contributed by atoms with Crippen LogP contribution in [0.5, 0.6) is 0 Å². The third-order valence-corrected chi connectivity index (χ3v) is 4.40. The van der Waals surface area contributed by atoms with Gasteiger partial charge in [0.15, 0.2) is 5.13 Å². The average Bonchev–Trinajstić information content (AvgIpc) is 2.63. The number of nitrogens with one attached hydrogen (secondary N) is 1. The van der Waals surface area contributed by atoms with Gasteiger partial charge in [-0.25, -0.2) is 9.37 Å². The maximum atomic E-state index is 13.0. The average molecular weight is 250 g/mol. The summed E-state index contributed by atoms with van der Waals surface area (Å²) in [5, 5.41) is 4.24. The van der Waals surface area contributed by atoms with E-state index in [1.807, 2.05) is 0 Å². The molecule has 0 unspecified atom stereocenters. The Bertz CT molecular complexity index is 519. The van der Waals surface area contributed by atoms with Crippen molar-refractivity contribution >= 4 is 26.7 Å². The van der Waals surface area contributed by atoms with Crippen LogP contribution < -0.4 is 5.32 Å². The van der Waals surface area contributed by atoms with E-state index in [0.717, 1.165) is 27.8 Å². The number of anilines is 1. The predicted molar refractivity (Wildman–Crippen MR) is 70.0 cm³/mol. The lowest BCUT2D eigenvalue weighted by Crippen LogP contribution is -2.15. The van der Waals surface area contributed by atoms with E-state index >= 15 is 0 Å². The fraction of sp³-hybridized carbons (Fsp3) is 0.462. The van der Waals surface area contributed by atoms with Crippen LogP contribution >= 0.6 is 11.3 Å². The quantitative estimate of drug-likeness (QED) is 0.886.